The minimum atomic E-state index is -0.853. The topological polar surface area (TPSA) is 52.6 Å². The fourth-order valence-corrected chi connectivity index (χ4v) is 3.13. The Kier molecular flexibility index (Phi) is 2.74. The quantitative estimate of drug-likeness (QED) is 0.831. The van der Waals surface area contributed by atoms with E-state index in [0.29, 0.717) is 11.0 Å². The summed E-state index contributed by atoms with van der Waals surface area (Å²) in [5.74, 6) is -0.853. The SMILES string of the molecule is O=C(O)c1cccc(N2CCC3(CCNC3)C2)c1. The lowest BCUT2D eigenvalue weighted by Gasteiger charge is -2.24. The van der Waals surface area contributed by atoms with Crippen molar-refractivity contribution in [2.45, 2.75) is 12.8 Å². The Morgan fingerprint density at radius 3 is 3.00 bits per heavy atom. The van der Waals surface area contributed by atoms with E-state index in [4.69, 9.17) is 5.11 Å². The molecule has 3 rings (SSSR count). The highest BCUT2D eigenvalue weighted by molar-refractivity contribution is 5.88. The van der Waals surface area contributed by atoms with Crippen LogP contribution >= 0.6 is 0 Å². The molecular formula is C14H18N2O2. The van der Waals surface area contributed by atoms with Crippen molar-refractivity contribution in [2.24, 2.45) is 5.41 Å². The van der Waals surface area contributed by atoms with E-state index in [0.717, 1.165) is 31.9 Å². The normalized spacial score (nSPS) is 27.0. The van der Waals surface area contributed by atoms with Crippen LogP contribution in [0.4, 0.5) is 5.69 Å². The van der Waals surface area contributed by atoms with Crippen LogP contribution in [-0.2, 0) is 0 Å². The minimum absolute atomic E-state index is 0.373. The third-order valence-corrected chi connectivity index (χ3v) is 4.23. The van der Waals surface area contributed by atoms with Crippen LogP contribution in [0.3, 0.4) is 0 Å². The number of benzene rings is 1. The van der Waals surface area contributed by atoms with Crippen LogP contribution in [0.15, 0.2) is 24.3 Å². The Hall–Kier alpha value is -1.55. The summed E-state index contributed by atoms with van der Waals surface area (Å²) in [4.78, 5) is 13.3. The van der Waals surface area contributed by atoms with Gasteiger partial charge in [-0.25, -0.2) is 4.79 Å². The molecule has 2 aliphatic heterocycles. The zero-order chi connectivity index (χ0) is 12.6. The monoisotopic (exact) mass is 246 g/mol. The first kappa shape index (κ1) is 11.5. The van der Waals surface area contributed by atoms with Gasteiger partial charge in [0.15, 0.2) is 0 Å². The number of nitrogens with one attached hydrogen (secondary N) is 1. The average Bonchev–Trinajstić information content (AvgIpc) is 3.01. The second-order valence-electron chi connectivity index (χ2n) is 5.45. The maximum Gasteiger partial charge on any atom is 0.335 e. The number of hydrogen-bond donors (Lipinski definition) is 2. The number of carboxylic acid groups (broad SMARTS) is 1. The Morgan fingerprint density at radius 1 is 1.39 bits per heavy atom. The molecule has 2 saturated heterocycles. The smallest absolute Gasteiger partial charge is 0.335 e. The van der Waals surface area contributed by atoms with Crippen LogP contribution in [0.1, 0.15) is 23.2 Å². The van der Waals surface area contributed by atoms with Gasteiger partial charge in [0.2, 0.25) is 0 Å². The zero-order valence-corrected chi connectivity index (χ0v) is 10.4. The van der Waals surface area contributed by atoms with Crippen LogP contribution in [0.5, 0.6) is 0 Å². The molecule has 0 aliphatic carbocycles. The Bertz CT molecular complexity index is 467. The molecule has 1 spiro atoms. The number of hydrogen-bond acceptors (Lipinski definition) is 3. The first-order valence-corrected chi connectivity index (χ1v) is 6.48. The number of nitrogens with zero attached hydrogens (tertiary/aromatic N) is 1. The van der Waals surface area contributed by atoms with Crippen molar-refractivity contribution in [1.29, 1.82) is 0 Å². The largest absolute Gasteiger partial charge is 0.478 e. The first-order valence-electron chi connectivity index (χ1n) is 6.48. The van der Waals surface area contributed by atoms with E-state index < -0.39 is 5.97 Å². The van der Waals surface area contributed by atoms with Gasteiger partial charge in [0.25, 0.3) is 0 Å². The maximum atomic E-state index is 11.0. The molecule has 0 aromatic heterocycles. The van der Waals surface area contributed by atoms with Gasteiger partial charge < -0.3 is 15.3 Å². The first-order chi connectivity index (χ1) is 8.69. The van der Waals surface area contributed by atoms with Crippen molar-refractivity contribution < 1.29 is 9.90 Å². The summed E-state index contributed by atoms with van der Waals surface area (Å²) in [6.07, 6.45) is 2.44. The highest BCUT2D eigenvalue weighted by atomic mass is 16.4. The summed E-state index contributed by atoms with van der Waals surface area (Å²) in [5, 5.41) is 12.5. The van der Waals surface area contributed by atoms with Gasteiger partial charge in [0.1, 0.15) is 0 Å². The van der Waals surface area contributed by atoms with Gasteiger partial charge in [-0.2, -0.15) is 0 Å². The highest BCUT2D eigenvalue weighted by Crippen LogP contribution is 2.38. The molecular weight excluding hydrogens is 228 g/mol. The van der Waals surface area contributed by atoms with E-state index in [1.165, 1.54) is 12.8 Å². The lowest BCUT2D eigenvalue weighted by molar-refractivity contribution is 0.0697. The molecule has 0 saturated carbocycles. The summed E-state index contributed by atoms with van der Waals surface area (Å²) >= 11 is 0. The summed E-state index contributed by atoms with van der Waals surface area (Å²) < 4.78 is 0. The molecule has 0 bridgehead atoms. The summed E-state index contributed by atoms with van der Waals surface area (Å²) in [6, 6.07) is 7.27. The van der Waals surface area contributed by atoms with Gasteiger partial charge >= 0.3 is 5.97 Å². The zero-order valence-electron chi connectivity index (χ0n) is 10.4. The molecule has 96 valence electrons. The molecule has 1 atom stereocenters. The molecule has 1 unspecified atom stereocenters. The van der Waals surface area contributed by atoms with Gasteiger partial charge in [-0.1, -0.05) is 6.07 Å². The van der Waals surface area contributed by atoms with Gasteiger partial charge in [0, 0.05) is 30.7 Å². The molecule has 18 heavy (non-hydrogen) atoms. The molecule has 1 aromatic carbocycles. The third kappa shape index (κ3) is 1.97. The molecule has 4 nitrogen and oxygen atoms in total. The van der Waals surface area contributed by atoms with Crippen molar-refractivity contribution in [1.82, 2.24) is 5.32 Å². The number of anilines is 1. The molecule has 2 fully saturated rings. The molecule has 2 heterocycles. The minimum Gasteiger partial charge on any atom is -0.478 e. The van der Waals surface area contributed by atoms with Gasteiger partial charge in [0.05, 0.1) is 5.56 Å². The fourth-order valence-electron chi connectivity index (χ4n) is 3.13. The Labute approximate surface area is 107 Å². The lowest BCUT2D eigenvalue weighted by Crippen LogP contribution is -2.29. The molecule has 1 aromatic rings. The second kappa shape index (κ2) is 4.28. The van der Waals surface area contributed by atoms with Crippen LogP contribution in [0, 0.1) is 5.41 Å². The summed E-state index contributed by atoms with van der Waals surface area (Å²) in [6.45, 7) is 4.29. The molecule has 0 amide bonds. The summed E-state index contributed by atoms with van der Waals surface area (Å²) in [5.41, 5.74) is 1.83. The van der Waals surface area contributed by atoms with Crippen molar-refractivity contribution >= 4 is 11.7 Å². The third-order valence-electron chi connectivity index (χ3n) is 4.23. The van der Waals surface area contributed by atoms with Gasteiger partial charge in [-0.15, -0.1) is 0 Å². The van der Waals surface area contributed by atoms with Crippen LogP contribution < -0.4 is 10.2 Å². The van der Waals surface area contributed by atoms with E-state index >= 15 is 0 Å². The van der Waals surface area contributed by atoms with E-state index in [1.807, 2.05) is 12.1 Å². The molecule has 2 N–H and O–H groups in total. The van der Waals surface area contributed by atoms with Gasteiger partial charge in [-0.3, -0.25) is 0 Å². The fraction of sp³-hybridized carbons (Fsp3) is 0.500. The predicted octanol–water partition coefficient (Wildman–Crippen LogP) is 1.57. The Balaban J connectivity index is 1.80. The van der Waals surface area contributed by atoms with E-state index in [1.54, 1.807) is 12.1 Å². The number of rotatable bonds is 2. The predicted molar refractivity (Wildman–Crippen MR) is 70.2 cm³/mol. The highest BCUT2D eigenvalue weighted by Gasteiger charge is 2.40. The van der Waals surface area contributed by atoms with Crippen molar-refractivity contribution in [3.05, 3.63) is 29.8 Å². The van der Waals surface area contributed by atoms with Crippen molar-refractivity contribution in [2.75, 3.05) is 31.1 Å². The number of aromatic carboxylic acids is 1. The molecule has 4 heteroatoms. The van der Waals surface area contributed by atoms with Crippen LogP contribution in [-0.4, -0.2) is 37.3 Å². The second-order valence-corrected chi connectivity index (χ2v) is 5.45. The van der Waals surface area contributed by atoms with Crippen molar-refractivity contribution in [3.63, 3.8) is 0 Å². The van der Waals surface area contributed by atoms with E-state index in [2.05, 4.69) is 10.2 Å². The standard InChI is InChI=1S/C14H18N2O2/c17-13(18)11-2-1-3-12(8-11)16-7-5-14(10-16)4-6-15-9-14/h1-3,8,15H,4-7,9-10H2,(H,17,18). The van der Waals surface area contributed by atoms with Crippen LogP contribution in [0.2, 0.25) is 0 Å². The molecule has 0 radical (unpaired) electrons. The van der Waals surface area contributed by atoms with Gasteiger partial charge in [-0.05, 0) is 37.6 Å². The average molecular weight is 246 g/mol. The van der Waals surface area contributed by atoms with E-state index in [-0.39, 0.29) is 0 Å². The van der Waals surface area contributed by atoms with Crippen molar-refractivity contribution in [3.8, 4) is 0 Å². The van der Waals surface area contributed by atoms with E-state index in [9.17, 15) is 4.79 Å². The Morgan fingerprint density at radius 2 is 2.28 bits per heavy atom. The number of carboxylic acids is 1. The molecule has 2 aliphatic rings. The lowest BCUT2D eigenvalue weighted by atomic mass is 9.86. The van der Waals surface area contributed by atoms with Crippen LogP contribution in [0.25, 0.3) is 0 Å². The number of carbonyl (C=O) groups is 1. The maximum absolute atomic E-state index is 11.0. The summed E-state index contributed by atoms with van der Waals surface area (Å²) in [7, 11) is 0.